The average molecular weight is 315 g/mol. The molecule has 2 heterocycles. The van der Waals surface area contributed by atoms with Crippen molar-refractivity contribution >= 4 is 16.9 Å². The van der Waals surface area contributed by atoms with E-state index in [2.05, 4.69) is 4.98 Å². The number of fused-ring (bicyclic) bond motifs is 1. The lowest BCUT2D eigenvalue weighted by Gasteiger charge is -2.17. The first-order valence-electron chi connectivity index (χ1n) is 7.40. The molecule has 0 fully saturated rings. The summed E-state index contributed by atoms with van der Waals surface area (Å²) in [4.78, 5) is 18.3. The Morgan fingerprint density at radius 3 is 2.83 bits per heavy atom. The van der Waals surface area contributed by atoms with Crippen LogP contribution in [0.15, 0.2) is 35.0 Å². The number of benzene rings is 1. The number of para-hydroxylation sites is 1. The molecule has 0 N–H and O–H groups in total. The zero-order chi connectivity index (χ0) is 16.6. The second kappa shape index (κ2) is 5.87. The van der Waals surface area contributed by atoms with Crippen molar-refractivity contribution in [3.05, 3.63) is 53.6 Å². The molecule has 3 rings (SSSR count). The van der Waals surface area contributed by atoms with Gasteiger partial charge in [0, 0.05) is 43.5 Å². The third-order valence-electron chi connectivity index (χ3n) is 4.06. The van der Waals surface area contributed by atoms with Crippen molar-refractivity contribution in [2.24, 2.45) is 0 Å². The van der Waals surface area contributed by atoms with Gasteiger partial charge in [-0.15, -0.1) is 0 Å². The molecule has 23 heavy (non-hydrogen) atoms. The number of furan rings is 1. The van der Waals surface area contributed by atoms with E-state index in [1.807, 2.05) is 17.7 Å². The molecule has 0 saturated carbocycles. The number of carbonyl (C=O) groups is 1. The summed E-state index contributed by atoms with van der Waals surface area (Å²) < 4.78 is 21.2. The first kappa shape index (κ1) is 15.3. The second-order valence-corrected chi connectivity index (χ2v) is 5.57. The minimum absolute atomic E-state index is 0.132. The van der Waals surface area contributed by atoms with E-state index in [9.17, 15) is 9.18 Å². The predicted molar refractivity (Wildman–Crippen MR) is 84.8 cm³/mol. The highest BCUT2D eigenvalue weighted by molar-refractivity contribution is 5.98. The van der Waals surface area contributed by atoms with E-state index in [1.54, 1.807) is 37.2 Å². The number of carbonyl (C=O) groups excluding carboxylic acids is 1. The molecular weight excluding hydrogens is 297 g/mol. The van der Waals surface area contributed by atoms with Crippen molar-refractivity contribution in [1.82, 2.24) is 14.5 Å². The maximum Gasteiger partial charge on any atom is 0.289 e. The average Bonchev–Trinajstić information content (AvgIpc) is 3.09. The Morgan fingerprint density at radius 1 is 1.39 bits per heavy atom. The summed E-state index contributed by atoms with van der Waals surface area (Å²) in [6.45, 7) is 4.83. The van der Waals surface area contributed by atoms with Crippen LogP contribution >= 0.6 is 0 Å². The zero-order valence-electron chi connectivity index (χ0n) is 13.3. The summed E-state index contributed by atoms with van der Waals surface area (Å²) in [7, 11) is 1.71. The molecule has 0 saturated heterocycles. The van der Waals surface area contributed by atoms with Crippen LogP contribution in [-0.2, 0) is 6.54 Å². The molecule has 6 heteroatoms. The van der Waals surface area contributed by atoms with Gasteiger partial charge in [0.05, 0.1) is 0 Å². The summed E-state index contributed by atoms with van der Waals surface area (Å²) in [5.74, 6) is 0.375. The third kappa shape index (κ3) is 2.72. The van der Waals surface area contributed by atoms with Crippen molar-refractivity contribution in [3.8, 4) is 0 Å². The lowest BCUT2D eigenvalue weighted by Crippen LogP contribution is -2.30. The Morgan fingerprint density at radius 2 is 2.17 bits per heavy atom. The van der Waals surface area contributed by atoms with Gasteiger partial charge in [0.25, 0.3) is 5.91 Å². The Hall–Kier alpha value is -2.63. The summed E-state index contributed by atoms with van der Waals surface area (Å²) in [6.07, 6.45) is 3.60. The highest BCUT2D eigenvalue weighted by atomic mass is 19.1. The molecule has 120 valence electrons. The zero-order valence-corrected chi connectivity index (χ0v) is 13.3. The molecule has 2 aromatic heterocycles. The topological polar surface area (TPSA) is 51.3 Å². The number of halogens is 1. The molecular formula is C17H18FN3O2. The minimum Gasteiger partial charge on any atom is -0.448 e. The van der Waals surface area contributed by atoms with Crippen molar-refractivity contribution in [1.29, 1.82) is 0 Å². The van der Waals surface area contributed by atoms with Crippen LogP contribution in [0.1, 0.15) is 21.9 Å². The van der Waals surface area contributed by atoms with Crippen LogP contribution in [0.5, 0.6) is 0 Å². The number of aromatic nitrogens is 2. The first-order valence-corrected chi connectivity index (χ1v) is 7.40. The number of hydrogen-bond donors (Lipinski definition) is 0. The molecule has 1 aromatic carbocycles. The fourth-order valence-corrected chi connectivity index (χ4v) is 2.59. The van der Waals surface area contributed by atoms with Crippen LogP contribution in [0.2, 0.25) is 0 Å². The fourth-order valence-electron chi connectivity index (χ4n) is 2.59. The van der Waals surface area contributed by atoms with Gasteiger partial charge in [0.2, 0.25) is 0 Å². The predicted octanol–water partition coefficient (Wildman–Crippen LogP) is 3.16. The maximum atomic E-state index is 13.8. The van der Waals surface area contributed by atoms with Gasteiger partial charge < -0.3 is 13.9 Å². The SMILES string of the molecule is Cc1c(C(=O)N(C)CCn2ccnc2C)oc2c(F)cccc12. The smallest absolute Gasteiger partial charge is 0.289 e. The number of amides is 1. The summed E-state index contributed by atoms with van der Waals surface area (Å²) in [5.41, 5.74) is 0.794. The molecule has 0 spiro atoms. The van der Waals surface area contributed by atoms with Gasteiger partial charge in [0.1, 0.15) is 5.82 Å². The fraction of sp³-hybridized carbons (Fsp3) is 0.294. The molecule has 1 amide bonds. The highest BCUT2D eigenvalue weighted by Crippen LogP contribution is 2.27. The second-order valence-electron chi connectivity index (χ2n) is 5.57. The van der Waals surface area contributed by atoms with Gasteiger partial charge in [-0.1, -0.05) is 12.1 Å². The molecule has 0 atom stereocenters. The normalized spacial score (nSPS) is 11.1. The van der Waals surface area contributed by atoms with Crippen LogP contribution in [0.4, 0.5) is 4.39 Å². The molecule has 0 aliphatic heterocycles. The standard InChI is InChI=1S/C17H18FN3O2/c1-11-13-5-4-6-14(18)16(13)23-15(11)17(22)20(3)9-10-21-8-7-19-12(21)2/h4-8H,9-10H2,1-3H3. The molecule has 0 bridgehead atoms. The van der Waals surface area contributed by atoms with E-state index in [0.717, 1.165) is 5.82 Å². The van der Waals surface area contributed by atoms with Crippen LogP contribution in [-0.4, -0.2) is 34.0 Å². The van der Waals surface area contributed by atoms with E-state index >= 15 is 0 Å². The highest BCUT2D eigenvalue weighted by Gasteiger charge is 2.22. The van der Waals surface area contributed by atoms with Gasteiger partial charge in [-0.25, -0.2) is 9.37 Å². The molecule has 0 unspecified atom stereocenters. The van der Waals surface area contributed by atoms with Gasteiger partial charge in [-0.05, 0) is 19.9 Å². The number of aryl methyl sites for hydroxylation is 2. The van der Waals surface area contributed by atoms with Crippen LogP contribution in [0.25, 0.3) is 11.0 Å². The van der Waals surface area contributed by atoms with Crippen molar-refractivity contribution < 1.29 is 13.6 Å². The molecule has 5 nitrogen and oxygen atoms in total. The lowest BCUT2D eigenvalue weighted by atomic mass is 10.1. The third-order valence-corrected chi connectivity index (χ3v) is 4.06. The van der Waals surface area contributed by atoms with E-state index in [0.29, 0.717) is 24.0 Å². The number of likely N-dealkylation sites (N-methyl/N-ethyl adjacent to an activating group) is 1. The maximum absolute atomic E-state index is 13.8. The van der Waals surface area contributed by atoms with Gasteiger partial charge in [-0.3, -0.25) is 4.79 Å². The van der Waals surface area contributed by atoms with Gasteiger partial charge in [0.15, 0.2) is 17.2 Å². The van der Waals surface area contributed by atoms with Crippen LogP contribution in [0, 0.1) is 19.7 Å². The van der Waals surface area contributed by atoms with E-state index < -0.39 is 5.82 Å². The summed E-state index contributed by atoms with van der Waals surface area (Å²) in [6, 6.07) is 4.69. The Bertz CT molecular complexity index is 866. The van der Waals surface area contributed by atoms with E-state index in [4.69, 9.17) is 4.42 Å². The minimum atomic E-state index is -0.457. The largest absolute Gasteiger partial charge is 0.448 e. The number of rotatable bonds is 4. The summed E-state index contributed by atoms with van der Waals surface area (Å²) >= 11 is 0. The Labute approximate surface area is 133 Å². The molecule has 0 aliphatic rings. The quantitative estimate of drug-likeness (QED) is 0.743. The Balaban J connectivity index is 1.81. The number of imidazole rings is 1. The van der Waals surface area contributed by atoms with E-state index in [-0.39, 0.29) is 17.3 Å². The van der Waals surface area contributed by atoms with Crippen LogP contribution < -0.4 is 0 Å². The monoisotopic (exact) mass is 315 g/mol. The molecule has 3 aromatic rings. The van der Waals surface area contributed by atoms with Gasteiger partial charge in [-0.2, -0.15) is 0 Å². The molecule has 0 radical (unpaired) electrons. The van der Waals surface area contributed by atoms with Crippen molar-refractivity contribution in [2.45, 2.75) is 20.4 Å². The summed E-state index contributed by atoms with van der Waals surface area (Å²) in [5, 5.41) is 0.632. The van der Waals surface area contributed by atoms with E-state index in [1.165, 1.54) is 6.07 Å². The van der Waals surface area contributed by atoms with Crippen molar-refractivity contribution in [3.63, 3.8) is 0 Å². The number of hydrogen-bond acceptors (Lipinski definition) is 3. The number of nitrogens with zero attached hydrogens (tertiary/aromatic N) is 3. The van der Waals surface area contributed by atoms with Crippen LogP contribution in [0.3, 0.4) is 0 Å². The van der Waals surface area contributed by atoms with Crippen molar-refractivity contribution in [2.75, 3.05) is 13.6 Å². The Kier molecular flexibility index (Phi) is 3.90. The van der Waals surface area contributed by atoms with Gasteiger partial charge >= 0.3 is 0 Å². The lowest BCUT2D eigenvalue weighted by molar-refractivity contribution is 0.0759. The first-order chi connectivity index (χ1) is 11.0. The molecule has 0 aliphatic carbocycles.